The second-order valence-corrected chi connectivity index (χ2v) is 9.05. The lowest BCUT2D eigenvalue weighted by Crippen LogP contribution is -2.13. The number of esters is 2. The number of hydrogen-bond acceptors (Lipinski definition) is 8. The van der Waals surface area contributed by atoms with Crippen molar-refractivity contribution in [1.82, 2.24) is 0 Å². The highest BCUT2D eigenvalue weighted by atomic mass is 16.5. The molecule has 0 saturated heterocycles. The van der Waals surface area contributed by atoms with E-state index in [1.807, 2.05) is 36.4 Å². The molecule has 0 unspecified atom stereocenters. The molecule has 8 N–H and O–H groups in total. The van der Waals surface area contributed by atoms with E-state index < -0.39 is 11.9 Å². The number of anilines is 4. The third-order valence-electron chi connectivity index (χ3n) is 6.25. The summed E-state index contributed by atoms with van der Waals surface area (Å²) in [6, 6.07) is 30.3. The van der Waals surface area contributed by atoms with E-state index in [1.165, 1.54) is 6.07 Å². The maximum atomic E-state index is 13.2. The Labute approximate surface area is 230 Å². The first-order valence-corrected chi connectivity index (χ1v) is 12.3. The van der Waals surface area contributed by atoms with Crippen LogP contribution in [0.4, 0.5) is 22.7 Å². The first-order valence-electron chi connectivity index (χ1n) is 12.3. The lowest BCUT2D eigenvalue weighted by Gasteiger charge is -2.14. The largest absolute Gasteiger partial charge is 0.422 e. The van der Waals surface area contributed by atoms with Crippen molar-refractivity contribution in [1.29, 1.82) is 0 Å². The van der Waals surface area contributed by atoms with Gasteiger partial charge in [-0.3, -0.25) is 0 Å². The number of ether oxygens (including phenoxy) is 2. The van der Waals surface area contributed by atoms with E-state index in [0.717, 1.165) is 0 Å². The van der Waals surface area contributed by atoms with Crippen molar-refractivity contribution in [3.63, 3.8) is 0 Å². The van der Waals surface area contributed by atoms with Crippen molar-refractivity contribution >= 4 is 34.7 Å². The lowest BCUT2D eigenvalue weighted by atomic mass is 10.0. The second kappa shape index (κ2) is 10.9. The number of para-hydroxylation sites is 2. The van der Waals surface area contributed by atoms with Gasteiger partial charge >= 0.3 is 11.9 Å². The van der Waals surface area contributed by atoms with Gasteiger partial charge in [0, 0.05) is 45.0 Å². The van der Waals surface area contributed by atoms with E-state index in [4.69, 9.17) is 32.4 Å². The van der Waals surface area contributed by atoms with Crippen molar-refractivity contribution in [2.45, 2.75) is 0 Å². The number of nitrogen functional groups attached to an aromatic ring is 4. The van der Waals surface area contributed by atoms with Gasteiger partial charge in [0.2, 0.25) is 0 Å². The Morgan fingerprint density at radius 2 is 0.875 bits per heavy atom. The van der Waals surface area contributed by atoms with Crippen LogP contribution in [0.2, 0.25) is 0 Å². The minimum Gasteiger partial charge on any atom is -0.422 e. The van der Waals surface area contributed by atoms with Gasteiger partial charge in [-0.2, -0.15) is 0 Å². The number of hydrogen-bond donors (Lipinski definition) is 4. The first kappa shape index (κ1) is 25.9. The quantitative estimate of drug-likeness (QED) is 0.122. The van der Waals surface area contributed by atoms with E-state index in [2.05, 4.69) is 0 Å². The zero-order valence-corrected chi connectivity index (χ0v) is 21.3. The van der Waals surface area contributed by atoms with Gasteiger partial charge in [-0.1, -0.05) is 42.5 Å². The summed E-state index contributed by atoms with van der Waals surface area (Å²) in [6.07, 6.45) is 0. The second-order valence-electron chi connectivity index (χ2n) is 9.05. The van der Waals surface area contributed by atoms with Crippen LogP contribution >= 0.6 is 0 Å². The molecular formula is C32H26N4O4. The van der Waals surface area contributed by atoms with Crippen molar-refractivity contribution in [2.75, 3.05) is 22.9 Å². The van der Waals surface area contributed by atoms with Crippen LogP contribution in [0.5, 0.6) is 11.5 Å². The zero-order chi connectivity index (χ0) is 28.2. The predicted octanol–water partition coefficient (Wildman–Crippen LogP) is 5.79. The van der Waals surface area contributed by atoms with Crippen LogP contribution in [-0.2, 0) is 0 Å². The molecular weight excluding hydrogens is 504 g/mol. The normalized spacial score (nSPS) is 10.6. The molecule has 8 heteroatoms. The van der Waals surface area contributed by atoms with Crippen LogP contribution in [-0.4, -0.2) is 11.9 Å². The fraction of sp³-hybridized carbons (Fsp3) is 0. The molecule has 40 heavy (non-hydrogen) atoms. The van der Waals surface area contributed by atoms with Gasteiger partial charge in [-0.15, -0.1) is 0 Å². The van der Waals surface area contributed by atoms with Crippen molar-refractivity contribution < 1.29 is 19.1 Å². The predicted molar refractivity (Wildman–Crippen MR) is 158 cm³/mol. The Bertz CT molecular complexity index is 1630. The summed E-state index contributed by atoms with van der Waals surface area (Å²) in [7, 11) is 0. The highest BCUT2D eigenvalue weighted by Crippen LogP contribution is 2.37. The highest BCUT2D eigenvalue weighted by molar-refractivity contribution is 5.98. The topological polar surface area (TPSA) is 157 Å². The molecule has 0 aliphatic carbocycles. The van der Waals surface area contributed by atoms with E-state index in [1.54, 1.807) is 66.7 Å². The van der Waals surface area contributed by atoms with E-state index in [-0.39, 0.29) is 22.6 Å². The minimum absolute atomic E-state index is 0.156. The Kier molecular flexibility index (Phi) is 7.07. The summed E-state index contributed by atoms with van der Waals surface area (Å²) in [5, 5.41) is 0. The van der Waals surface area contributed by atoms with E-state index >= 15 is 0 Å². The van der Waals surface area contributed by atoms with Crippen LogP contribution < -0.4 is 32.4 Å². The smallest absolute Gasteiger partial charge is 0.343 e. The average molecular weight is 531 g/mol. The average Bonchev–Trinajstić information content (AvgIpc) is 2.95. The molecule has 0 aromatic heterocycles. The molecule has 0 atom stereocenters. The van der Waals surface area contributed by atoms with Crippen molar-refractivity contribution in [3.8, 4) is 33.8 Å². The summed E-state index contributed by atoms with van der Waals surface area (Å²) >= 11 is 0. The molecule has 198 valence electrons. The van der Waals surface area contributed by atoms with Gasteiger partial charge in [0.05, 0.1) is 11.1 Å². The molecule has 0 fully saturated rings. The lowest BCUT2D eigenvalue weighted by molar-refractivity contribution is 0.0735. The zero-order valence-electron chi connectivity index (χ0n) is 21.3. The third-order valence-corrected chi connectivity index (χ3v) is 6.25. The van der Waals surface area contributed by atoms with Crippen LogP contribution in [0.15, 0.2) is 109 Å². The van der Waals surface area contributed by atoms with Gasteiger partial charge in [-0.05, 0) is 66.7 Å². The monoisotopic (exact) mass is 530 g/mol. The molecule has 5 aromatic carbocycles. The summed E-state index contributed by atoms with van der Waals surface area (Å²) in [5.41, 5.74) is 29.1. The molecule has 0 heterocycles. The SMILES string of the molecule is Nc1ccc(OC(=O)c2cccc(C(=O)Oc3ccc(N)cc3-c3ccccc3N)c2)c(-c2ccccc2N)c1. The summed E-state index contributed by atoms with van der Waals surface area (Å²) < 4.78 is 11.4. The van der Waals surface area contributed by atoms with Gasteiger partial charge in [-0.25, -0.2) is 9.59 Å². The number of benzene rings is 5. The molecule has 0 amide bonds. The van der Waals surface area contributed by atoms with Crippen molar-refractivity contribution in [2.24, 2.45) is 0 Å². The van der Waals surface area contributed by atoms with Crippen LogP contribution in [0.1, 0.15) is 20.7 Å². The molecule has 5 aromatic rings. The molecule has 0 spiro atoms. The number of carbonyl (C=O) groups excluding carboxylic acids is 2. The van der Waals surface area contributed by atoms with Crippen LogP contribution in [0.25, 0.3) is 22.3 Å². The molecule has 0 aliphatic rings. The minimum atomic E-state index is -0.666. The van der Waals surface area contributed by atoms with E-state index in [9.17, 15) is 9.59 Å². The van der Waals surface area contributed by atoms with Crippen molar-refractivity contribution in [3.05, 3.63) is 120 Å². The Morgan fingerprint density at radius 1 is 0.450 bits per heavy atom. The molecule has 8 nitrogen and oxygen atoms in total. The molecule has 5 rings (SSSR count). The maximum absolute atomic E-state index is 13.2. The van der Waals surface area contributed by atoms with Crippen LogP contribution in [0.3, 0.4) is 0 Å². The summed E-state index contributed by atoms with van der Waals surface area (Å²) in [6.45, 7) is 0. The maximum Gasteiger partial charge on any atom is 0.343 e. The molecule has 0 radical (unpaired) electrons. The summed E-state index contributed by atoms with van der Waals surface area (Å²) in [5.74, 6) is -0.782. The Morgan fingerprint density at radius 3 is 1.30 bits per heavy atom. The molecule has 0 bridgehead atoms. The fourth-order valence-electron chi connectivity index (χ4n) is 4.27. The van der Waals surface area contributed by atoms with Gasteiger partial charge in [0.1, 0.15) is 11.5 Å². The Hall–Kier alpha value is -5.76. The van der Waals surface area contributed by atoms with Gasteiger partial charge in [0.25, 0.3) is 0 Å². The van der Waals surface area contributed by atoms with E-state index in [0.29, 0.717) is 45.0 Å². The highest BCUT2D eigenvalue weighted by Gasteiger charge is 2.19. The van der Waals surface area contributed by atoms with Gasteiger partial charge in [0.15, 0.2) is 0 Å². The number of carbonyl (C=O) groups is 2. The first-order chi connectivity index (χ1) is 19.3. The molecule has 0 aliphatic heterocycles. The fourth-order valence-corrected chi connectivity index (χ4v) is 4.27. The van der Waals surface area contributed by atoms with Gasteiger partial charge < -0.3 is 32.4 Å². The number of rotatable bonds is 6. The summed E-state index contributed by atoms with van der Waals surface area (Å²) in [4.78, 5) is 26.3. The molecule has 0 saturated carbocycles. The Balaban J connectivity index is 1.40. The standard InChI is InChI=1S/C32H26N4O4/c33-21-12-14-29(25(17-21)23-8-1-3-10-27(23)35)39-31(37)19-6-5-7-20(16-19)32(38)40-30-15-13-22(34)18-26(30)24-9-2-4-11-28(24)36/h1-18H,33-36H2. The van der Waals surface area contributed by atoms with Crippen LogP contribution in [0, 0.1) is 0 Å². The number of nitrogens with two attached hydrogens (primary N) is 4. The third kappa shape index (κ3) is 5.41.